The second kappa shape index (κ2) is 12.2. The molecule has 12 heteroatoms. The first-order valence-electron chi connectivity index (χ1n) is 11.0. The molecule has 12 nitrogen and oxygen atoms in total. The number of nitrogen functional groups attached to an aromatic ring is 1. The number of rotatable bonds is 10. The van der Waals surface area contributed by atoms with Gasteiger partial charge in [-0.3, -0.25) is 33.6 Å². The van der Waals surface area contributed by atoms with Gasteiger partial charge in [-0.1, -0.05) is 20.3 Å². The number of aromatic amines is 1. The van der Waals surface area contributed by atoms with Gasteiger partial charge in [0, 0.05) is 33.2 Å². The summed E-state index contributed by atoms with van der Waals surface area (Å²) in [6.45, 7) is 3.57. The number of hydrogen-bond donors (Lipinski definition) is 2. The fourth-order valence-corrected chi connectivity index (χ4v) is 3.56. The number of methoxy groups -OCH3 is 1. The normalized spacial score (nSPS) is 14.3. The second-order valence-corrected chi connectivity index (χ2v) is 8.32. The van der Waals surface area contributed by atoms with Crippen LogP contribution in [0.4, 0.5) is 11.5 Å². The van der Waals surface area contributed by atoms with Gasteiger partial charge in [0.1, 0.15) is 12.4 Å². The highest BCUT2D eigenvalue weighted by Crippen LogP contribution is 2.18. The van der Waals surface area contributed by atoms with E-state index in [0.29, 0.717) is 13.0 Å². The van der Waals surface area contributed by atoms with Crippen molar-refractivity contribution in [3.63, 3.8) is 0 Å². The van der Waals surface area contributed by atoms with Gasteiger partial charge < -0.3 is 20.1 Å². The average molecular weight is 468 g/mol. The van der Waals surface area contributed by atoms with Crippen LogP contribution in [0.5, 0.6) is 0 Å². The Hall–Kier alpha value is -3.15. The molecule has 0 saturated carbocycles. The van der Waals surface area contributed by atoms with Crippen LogP contribution in [0.15, 0.2) is 9.59 Å². The quantitative estimate of drug-likeness (QED) is 0.444. The summed E-state index contributed by atoms with van der Waals surface area (Å²) < 4.78 is 11.3. The predicted molar refractivity (Wildman–Crippen MR) is 121 cm³/mol. The van der Waals surface area contributed by atoms with E-state index in [4.69, 9.17) is 15.2 Å². The molecular formula is C21H33N5O7. The number of hydrogen-bond acceptors (Lipinski definition) is 8. The summed E-state index contributed by atoms with van der Waals surface area (Å²) in [5.41, 5.74) is 4.39. The number of nitrogens with two attached hydrogens (primary N) is 1. The lowest BCUT2D eigenvalue weighted by Gasteiger charge is -2.25. The predicted octanol–water partition coefficient (Wildman–Crippen LogP) is -0.300. The molecule has 3 N–H and O–H groups in total. The minimum Gasteiger partial charge on any atom is -0.454 e. The van der Waals surface area contributed by atoms with E-state index in [9.17, 15) is 24.0 Å². The van der Waals surface area contributed by atoms with Crippen molar-refractivity contribution >= 4 is 29.3 Å². The third kappa shape index (κ3) is 7.17. The number of esters is 1. The van der Waals surface area contributed by atoms with Gasteiger partial charge in [0.15, 0.2) is 12.3 Å². The SMILES string of the molecule is COCCN(C(=O)COC(=O)CN1CCCCCC1=O)c1c(N)n(CC(C)C)c(=O)[nH]c1=O. The van der Waals surface area contributed by atoms with Gasteiger partial charge in [0.25, 0.3) is 11.5 Å². The smallest absolute Gasteiger partial charge is 0.330 e. The molecule has 1 saturated heterocycles. The zero-order chi connectivity index (χ0) is 24.5. The van der Waals surface area contributed by atoms with Gasteiger partial charge in [0.05, 0.1) is 6.61 Å². The first-order chi connectivity index (χ1) is 15.6. The minimum atomic E-state index is -0.830. The van der Waals surface area contributed by atoms with Crippen molar-refractivity contribution in [2.24, 2.45) is 5.92 Å². The maximum Gasteiger partial charge on any atom is 0.330 e. The Bertz CT molecular complexity index is 969. The Morgan fingerprint density at radius 1 is 1.18 bits per heavy atom. The zero-order valence-electron chi connectivity index (χ0n) is 19.4. The Balaban J connectivity index is 2.18. The largest absolute Gasteiger partial charge is 0.454 e. The molecule has 0 aliphatic carbocycles. The third-order valence-electron chi connectivity index (χ3n) is 5.20. The molecule has 1 aromatic heterocycles. The summed E-state index contributed by atoms with van der Waals surface area (Å²) in [5.74, 6) is -1.67. The van der Waals surface area contributed by atoms with Crippen molar-refractivity contribution in [1.82, 2.24) is 14.5 Å². The summed E-state index contributed by atoms with van der Waals surface area (Å²) in [4.78, 5) is 66.6. The van der Waals surface area contributed by atoms with E-state index in [1.165, 1.54) is 16.6 Å². The molecule has 0 unspecified atom stereocenters. The molecule has 2 rings (SSSR count). The molecule has 0 spiro atoms. The summed E-state index contributed by atoms with van der Waals surface area (Å²) >= 11 is 0. The lowest BCUT2D eigenvalue weighted by atomic mass is 10.2. The van der Waals surface area contributed by atoms with Gasteiger partial charge in [-0.25, -0.2) is 4.79 Å². The van der Waals surface area contributed by atoms with E-state index >= 15 is 0 Å². The van der Waals surface area contributed by atoms with Gasteiger partial charge in [0.2, 0.25) is 5.91 Å². The fourth-order valence-electron chi connectivity index (χ4n) is 3.56. The Morgan fingerprint density at radius 3 is 2.58 bits per heavy atom. The molecule has 1 aliphatic rings. The molecule has 1 aliphatic heterocycles. The monoisotopic (exact) mass is 467 g/mol. The van der Waals surface area contributed by atoms with E-state index in [2.05, 4.69) is 4.98 Å². The van der Waals surface area contributed by atoms with E-state index in [1.54, 1.807) is 0 Å². The number of anilines is 2. The molecule has 184 valence electrons. The van der Waals surface area contributed by atoms with Crippen molar-refractivity contribution in [1.29, 1.82) is 0 Å². The molecule has 0 aromatic carbocycles. The number of aromatic nitrogens is 2. The molecule has 2 amide bonds. The number of ether oxygens (including phenoxy) is 2. The molecular weight excluding hydrogens is 434 g/mol. The first-order valence-corrected chi connectivity index (χ1v) is 11.0. The summed E-state index contributed by atoms with van der Waals surface area (Å²) in [7, 11) is 1.42. The molecule has 2 heterocycles. The first kappa shape index (κ1) is 26.1. The summed E-state index contributed by atoms with van der Waals surface area (Å²) in [5, 5.41) is 0. The molecule has 0 bridgehead atoms. The highest BCUT2D eigenvalue weighted by atomic mass is 16.5. The summed E-state index contributed by atoms with van der Waals surface area (Å²) in [6, 6.07) is 0. The van der Waals surface area contributed by atoms with Crippen molar-refractivity contribution in [2.45, 2.75) is 46.1 Å². The molecule has 1 aromatic rings. The summed E-state index contributed by atoms with van der Waals surface area (Å²) in [6.07, 6.45) is 2.88. The standard InChI is InChI=1S/C21H33N5O7/c1-14(2)11-26-19(22)18(20(30)23-21(26)31)25(9-10-32-3)16(28)13-33-17(29)12-24-8-6-4-5-7-15(24)27/h14H,4-13,22H2,1-3H3,(H,23,30,31). The number of nitrogens with zero attached hydrogens (tertiary/aromatic N) is 3. The van der Waals surface area contributed by atoms with Crippen LogP contribution >= 0.6 is 0 Å². The van der Waals surface area contributed by atoms with Crippen LogP contribution in [-0.2, 0) is 30.4 Å². The van der Waals surface area contributed by atoms with Gasteiger partial charge in [-0.2, -0.15) is 0 Å². The van der Waals surface area contributed by atoms with E-state index in [-0.39, 0.29) is 49.6 Å². The topological polar surface area (TPSA) is 157 Å². The number of H-pyrrole nitrogens is 1. The van der Waals surface area contributed by atoms with E-state index < -0.39 is 29.7 Å². The second-order valence-electron chi connectivity index (χ2n) is 8.32. The Kier molecular flexibility index (Phi) is 9.64. The Labute approximate surface area is 191 Å². The van der Waals surface area contributed by atoms with Crippen LogP contribution in [-0.4, -0.2) is 72.2 Å². The van der Waals surface area contributed by atoms with Crippen LogP contribution in [0.25, 0.3) is 0 Å². The maximum absolute atomic E-state index is 12.9. The zero-order valence-corrected chi connectivity index (χ0v) is 19.4. The number of carbonyl (C=O) groups is 3. The van der Waals surface area contributed by atoms with Crippen LogP contribution in [0.3, 0.4) is 0 Å². The number of amides is 2. The number of nitrogens with one attached hydrogen (secondary N) is 1. The van der Waals surface area contributed by atoms with Crippen LogP contribution in [0.2, 0.25) is 0 Å². The minimum absolute atomic E-state index is 0.0505. The highest BCUT2D eigenvalue weighted by molar-refractivity contribution is 5.97. The van der Waals surface area contributed by atoms with Crippen LogP contribution in [0, 0.1) is 5.92 Å². The molecule has 0 atom stereocenters. The van der Waals surface area contributed by atoms with E-state index in [1.807, 2.05) is 13.8 Å². The molecule has 33 heavy (non-hydrogen) atoms. The van der Waals surface area contributed by atoms with Gasteiger partial charge >= 0.3 is 11.7 Å². The fraction of sp³-hybridized carbons (Fsp3) is 0.667. The maximum atomic E-state index is 12.9. The molecule has 0 radical (unpaired) electrons. The number of likely N-dealkylation sites (tertiary alicyclic amines) is 1. The lowest BCUT2D eigenvalue weighted by Crippen LogP contribution is -2.44. The van der Waals surface area contributed by atoms with Crippen molar-refractivity contribution in [3.8, 4) is 0 Å². The van der Waals surface area contributed by atoms with Crippen molar-refractivity contribution in [3.05, 3.63) is 20.8 Å². The van der Waals surface area contributed by atoms with Crippen LogP contribution < -0.4 is 21.9 Å². The number of carbonyl (C=O) groups excluding carboxylic acids is 3. The Morgan fingerprint density at radius 2 is 1.91 bits per heavy atom. The molecule has 1 fully saturated rings. The third-order valence-corrected chi connectivity index (χ3v) is 5.20. The lowest BCUT2D eigenvalue weighted by molar-refractivity contribution is -0.151. The van der Waals surface area contributed by atoms with Crippen molar-refractivity contribution in [2.75, 3.05) is 50.6 Å². The van der Waals surface area contributed by atoms with E-state index in [0.717, 1.165) is 24.2 Å². The van der Waals surface area contributed by atoms with Crippen LogP contribution in [0.1, 0.15) is 39.5 Å². The highest BCUT2D eigenvalue weighted by Gasteiger charge is 2.26. The van der Waals surface area contributed by atoms with Crippen molar-refractivity contribution < 1.29 is 23.9 Å². The average Bonchev–Trinajstić information content (AvgIpc) is 2.95. The van der Waals surface area contributed by atoms with Gasteiger partial charge in [-0.15, -0.1) is 0 Å². The van der Waals surface area contributed by atoms with Gasteiger partial charge in [-0.05, 0) is 18.8 Å².